The van der Waals surface area contributed by atoms with Gasteiger partial charge in [-0.25, -0.2) is 4.98 Å². The Labute approximate surface area is 119 Å². The molecule has 0 spiro atoms. The molecule has 2 aromatic carbocycles. The number of imidazole rings is 1. The van der Waals surface area contributed by atoms with E-state index in [0.29, 0.717) is 0 Å². The number of hydrogen-bond donors (Lipinski definition) is 1. The van der Waals surface area contributed by atoms with E-state index in [1.165, 1.54) is 22.3 Å². The molecular formula is C18H20N2. The highest BCUT2D eigenvalue weighted by Crippen LogP contribution is 2.29. The summed E-state index contributed by atoms with van der Waals surface area (Å²) in [7, 11) is 0. The van der Waals surface area contributed by atoms with Crippen molar-refractivity contribution in [3.05, 3.63) is 53.3 Å². The van der Waals surface area contributed by atoms with Gasteiger partial charge < -0.3 is 4.98 Å². The summed E-state index contributed by atoms with van der Waals surface area (Å²) in [5.74, 6) is 1.08. The number of rotatable bonds is 3. The lowest BCUT2D eigenvalue weighted by Gasteiger charge is -2.05. The third kappa shape index (κ3) is 2.34. The predicted molar refractivity (Wildman–Crippen MR) is 85.0 cm³/mol. The summed E-state index contributed by atoms with van der Waals surface area (Å²) in [6, 6.07) is 13.1. The first-order chi connectivity index (χ1) is 9.67. The van der Waals surface area contributed by atoms with Crippen LogP contribution in [0.4, 0.5) is 0 Å². The summed E-state index contributed by atoms with van der Waals surface area (Å²) in [4.78, 5) is 8.23. The molecule has 1 heterocycles. The summed E-state index contributed by atoms with van der Waals surface area (Å²) in [6.07, 6.45) is 2.11. The first-order valence-corrected chi connectivity index (χ1v) is 7.23. The number of aromatic nitrogens is 2. The van der Waals surface area contributed by atoms with Crippen LogP contribution >= 0.6 is 0 Å². The van der Waals surface area contributed by atoms with Crippen molar-refractivity contribution in [2.45, 2.75) is 33.6 Å². The van der Waals surface area contributed by atoms with Gasteiger partial charge in [0.2, 0.25) is 0 Å². The quantitative estimate of drug-likeness (QED) is 0.723. The summed E-state index contributed by atoms with van der Waals surface area (Å²) in [5.41, 5.74) is 7.23. The Kier molecular flexibility index (Phi) is 3.31. The van der Waals surface area contributed by atoms with E-state index in [0.717, 1.165) is 29.7 Å². The van der Waals surface area contributed by atoms with E-state index < -0.39 is 0 Å². The van der Waals surface area contributed by atoms with Crippen LogP contribution in [0.15, 0.2) is 36.4 Å². The van der Waals surface area contributed by atoms with Gasteiger partial charge in [0, 0.05) is 12.0 Å². The van der Waals surface area contributed by atoms with Crippen LogP contribution in [0, 0.1) is 13.8 Å². The fourth-order valence-corrected chi connectivity index (χ4v) is 2.62. The average Bonchev–Trinajstić information content (AvgIpc) is 2.81. The maximum Gasteiger partial charge on any atom is 0.107 e. The highest BCUT2D eigenvalue weighted by atomic mass is 14.9. The van der Waals surface area contributed by atoms with E-state index in [4.69, 9.17) is 4.98 Å². The second kappa shape index (κ2) is 5.12. The Morgan fingerprint density at radius 3 is 2.45 bits per heavy atom. The Morgan fingerprint density at radius 1 is 1.00 bits per heavy atom. The van der Waals surface area contributed by atoms with Crippen molar-refractivity contribution in [1.82, 2.24) is 9.97 Å². The number of fused-ring (bicyclic) bond motifs is 1. The molecule has 0 aliphatic heterocycles. The number of aromatic amines is 1. The SMILES string of the molecule is CCCc1nc2c(-c3ccc(C)cc3)cc(C)cc2[nH]1. The van der Waals surface area contributed by atoms with Crippen LogP contribution in [-0.4, -0.2) is 9.97 Å². The Hall–Kier alpha value is -2.09. The minimum Gasteiger partial charge on any atom is -0.342 e. The molecule has 0 saturated heterocycles. The van der Waals surface area contributed by atoms with E-state index in [1.807, 2.05) is 0 Å². The predicted octanol–water partition coefficient (Wildman–Crippen LogP) is 4.80. The van der Waals surface area contributed by atoms with Gasteiger partial charge in [-0.05, 0) is 43.5 Å². The molecule has 2 nitrogen and oxygen atoms in total. The normalized spacial score (nSPS) is 11.2. The van der Waals surface area contributed by atoms with Gasteiger partial charge in [-0.1, -0.05) is 36.8 Å². The zero-order valence-electron chi connectivity index (χ0n) is 12.3. The standard InChI is InChI=1S/C18H20N2/c1-4-5-17-19-16-11-13(3)10-15(18(16)20-17)14-8-6-12(2)7-9-14/h6-11H,4-5H2,1-3H3,(H,19,20). The zero-order chi connectivity index (χ0) is 14.1. The molecule has 0 amide bonds. The van der Waals surface area contributed by atoms with Crippen LogP contribution < -0.4 is 0 Å². The second-order valence-corrected chi connectivity index (χ2v) is 5.51. The van der Waals surface area contributed by atoms with Crippen LogP contribution in [-0.2, 0) is 6.42 Å². The first-order valence-electron chi connectivity index (χ1n) is 7.23. The van der Waals surface area contributed by atoms with Gasteiger partial charge in [0.05, 0.1) is 11.0 Å². The first kappa shape index (κ1) is 12.9. The highest BCUT2D eigenvalue weighted by Gasteiger charge is 2.10. The van der Waals surface area contributed by atoms with Crippen LogP contribution in [0.25, 0.3) is 22.2 Å². The topological polar surface area (TPSA) is 28.7 Å². The molecule has 1 N–H and O–H groups in total. The Morgan fingerprint density at radius 2 is 1.75 bits per heavy atom. The lowest BCUT2D eigenvalue weighted by molar-refractivity contribution is 0.861. The van der Waals surface area contributed by atoms with Crippen LogP contribution in [0.5, 0.6) is 0 Å². The molecule has 0 aliphatic carbocycles. The smallest absolute Gasteiger partial charge is 0.107 e. The van der Waals surface area contributed by atoms with E-state index in [2.05, 4.69) is 62.2 Å². The third-order valence-corrected chi connectivity index (χ3v) is 3.63. The van der Waals surface area contributed by atoms with Gasteiger partial charge >= 0.3 is 0 Å². The van der Waals surface area contributed by atoms with Crippen molar-refractivity contribution in [3.8, 4) is 11.1 Å². The van der Waals surface area contributed by atoms with Crippen LogP contribution in [0.1, 0.15) is 30.3 Å². The Bertz CT molecular complexity index is 736. The number of aryl methyl sites for hydroxylation is 3. The molecule has 0 unspecified atom stereocenters. The summed E-state index contributed by atoms with van der Waals surface area (Å²) in [5, 5.41) is 0. The van der Waals surface area contributed by atoms with Crippen molar-refractivity contribution in [2.24, 2.45) is 0 Å². The van der Waals surface area contributed by atoms with Crippen molar-refractivity contribution >= 4 is 11.0 Å². The molecule has 3 rings (SSSR count). The fraction of sp³-hybridized carbons (Fsp3) is 0.278. The van der Waals surface area contributed by atoms with Crippen LogP contribution in [0.2, 0.25) is 0 Å². The van der Waals surface area contributed by atoms with E-state index in [-0.39, 0.29) is 0 Å². The van der Waals surface area contributed by atoms with E-state index >= 15 is 0 Å². The van der Waals surface area contributed by atoms with Crippen molar-refractivity contribution in [1.29, 1.82) is 0 Å². The number of benzene rings is 2. The minimum atomic E-state index is 1.00. The van der Waals surface area contributed by atoms with Gasteiger partial charge in [0.25, 0.3) is 0 Å². The van der Waals surface area contributed by atoms with E-state index in [1.54, 1.807) is 0 Å². The molecule has 3 aromatic rings. The number of nitrogens with one attached hydrogen (secondary N) is 1. The molecule has 0 fully saturated rings. The largest absolute Gasteiger partial charge is 0.342 e. The lowest BCUT2D eigenvalue weighted by Crippen LogP contribution is -1.85. The minimum absolute atomic E-state index is 1.00. The molecule has 0 bridgehead atoms. The molecule has 20 heavy (non-hydrogen) atoms. The summed E-state index contributed by atoms with van der Waals surface area (Å²) in [6.45, 7) is 6.43. The maximum atomic E-state index is 4.79. The molecule has 102 valence electrons. The summed E-state index contributed by atoms with van der Waals surface area (Å²) < 4.78 is 0. The lowest BCUT2D eigenvalue weighted by atomic mass is 10.0. The van der Waals surface area contributed by atoms with Gasteiger partial charge in [-0.15, -0.1) is 0 Å². The van der Waals surface area contributed by atoms with Crippen molar-refractivity contribution in [3.63, 3.8) is 0 Å². The average molecular weight is 264 g/mol. The van der Waals surface area contributed by atoms with Gasteiger partial charge in [-0.3, -0.25) is 0 Å². The zero-order valence-corrected chi connectivity index (χ0v) is 12.3. The van der Waals surface area contributed by atoms with Crippen molar-refractivity contribution in [2.75, 3.05) is 0 Å². The maximum absolute atomic E-state index is 4.79. The summed E-state index contributed by atoms with van der Waals surface area (Å²) >= 11 is 0. The molecule has 2 heteroatoms. The number of H-pyrrole nitrogens is 1. The molecule has 1 aromatic heterocycles. The van der Waals surface area contributed by atoms with Crippen molar-refractivity contribution < 1.29 is 0 Å². The molecule has 0 radical (unpaired) electrons. The Balaban J connectivity index is 2.20. The molecule has 0 atom stereocenters. The third-order valence-electron chi connectivity index (χ3n) is 3.63. The second-order valence-electron chi connectivity index (χ2n) is 5.51. The number of hydrogen-bond acceptors (Lipinski definition) is 1. The van der Waals surface area contributed by atoms with Gasteiger partial charge in [-0.2, -0.15) is 0 Å². The monoisotopic (exact) mass is 264 g/mol. The molecule has 0 saturated carbocycles. The van der Waals surface area contributed by atoms with Gasteiger partial charge in [0.15, 0.2) is 0 Å². The molecular weight excluding hydrogens is 244 g/mol. The van der Waals surface area contributed by atoms with Crippen LogP contribution in [0.3, 0.4) is 0 Å². The molecule has 0 aliphatic rings. The fourth-order valence-electron chi connectivity index (χ4n) is 2.62. The number of nitrogens with zero attached hydrogens (tertiary/aromatic N) is 1. The van der Waals surface area contributed by atoms with Gasteiger partial charge in [0.1, 0.15) is 5.82 Å². The highest BCUT2D eigenvalue weighted by molar-refractivity contribution is 5.92. The van der Waals surface area contributed by atoms with E-state index in [9.17, 15) is 0 Å².